The van der Waals surface area contributed by atoms with Gasteiger partial charge in [-0.25, -0.2) is 9.53 Å². The monoisotopic (exact) mass is 368 g/mol. The summed E-state index contributed by atoms with van der Waals surface area (Å²) < 4.78 is 6.56. The largest absolute Gasteiger partial charge is 0.495 e. The van der Waals surface area contributed by atoms with E-state index in [9.17, 15) is 4.79 Å². The molecular weight excluding hydrogens is 352 g/mol. The number of methoxy groups -OCH3 is 1. The predicted molar refractivity (Wildman–Crippen MR) is 103 cm³/mol. The number of fused-ring (bicyclic) bond motifs is 1. The summed E-state index contributed by atoms with van der Waals surface area (Å²) in [5.41, 5.74) is 1.24. The van der Waals surface area contributed by atoms with E-state index in [0.717, 1.165) is 5.56 Å². The lowest BCUT2D eigenvalue weighted by molar-refractivity contribution is 0.415. The van der Waals surface area contributed by atoms with Crippen molar-refractivity contribution in [3.63, 3.8) is 0 Å². The molecule has 132 valence electrons. The SMILES string of the molecule is [C-]#[N+]c1ccc2c(=O)n(CC)nc(NCc3ccc(OC)c(Cl)c3)c2c1. The van der Waals surface area contributed by atoms with Crippen LogP contribution in [0.5, 0.6) is 5.75 Å². The fraction of sp³-hybridized carbons (Fsp3) is 0.211. The summed E-state index contributed by atoms with van der Waals surface area (Å²) >= 11 is 6.17. The van der Waals surface area contributed by atoms with Gasteiger partial charge in [0.05, 0.1) is 18.7 Å². The molecule has 3 aromatic rings. The Morgan fingerprint density at radius 2 is 2.08 bits per heavy atom. The smallest absolute Gasteiger partial charge is 0.274 e. The summed E-state index contributed by atoms with van der Waals surface area (Å²) in [5, 5.41) is 9.34. The molecule has 3 rings (SSSR count). The van der Waals surface area contributed by atoms with Crippen molar-refractivity contribution in [3.8, 4) is 5.75 Å². The maximum Gasteiger partial charge on any atom is 0.274 e. The van der Waals surface area contributed by atoms with Crippen LogP contribution in [0, 0.1) is 6.57 Å². The van der Waals surface area contributed by atoms with E-state index >= 15 is 0 Å². The second kappa shape index (κ2) is 7.46. The van der Waals surface area contributed by atoms with Crippen molar-refractivity contribution < 1.29 is 4.74 Å². The quantitative estimate of drug-likeness (QED) is 0.684. The minimum absolute atomic E-state index is 0.169. The molecule has 0 aliphatic rings. The first-order chi connectivity index (χ1) is 12.6. The fourth-order valence-electron chi connectivity index (χ4n) is 2.69. The Morgan fingerprint density at radius 3 is 2.73 bits per heavy atom. The van der Waals surface area contributed by atoms with Crippen LogP contribution < -0.4 is 15.6 Å². The molecule has 0 spiro atoms. The third kappa shape index (κ3) is 3.35. The molecule has 0 saturated carbocycles. The number of benzene rings is 2. The molecule has 0 atom stereocenters. The van der Waals surface area contributed by atoms with Crippen LogP contribution in [0.3, 0.4) is 0 Å². The highest BCUT2D eigenvalue weighted by Gasteiger charge is 2.11. The van der Waals surface area contributed by atoms with Gasteiger partial charge in [0.25, 0.3) is 5.56 Å². The van der Waals surface area contributed by atoms with Gasteiger partial charge in [-0.3, -0.25) is 4.79 Å². The molecule has 0 fully saturated rings. The average Bonchev–Trinajstić information content (AvgIpc) is 2.67. The van der Waals surface area contributed by atoms with Gasteiger partial charge in [-0.05, 0) is 30.7 Å². The van der Waals surface area contributed by atoms with Gasteiger partial charge in [-0.2, -0.15) is 5.10 Å². The Balaban J connectivity index is 2.01. The number of aryl methyl sites for hydroxylation is 1. The van der Waals surface area contributed by atoms with Gasteiger partial charge in [0.1, 0.15) is 5.75 Å². The fourth-order valence-corrected chi connectivity index (χ4v) is 2.97. The second-order valence-corrected chi connectivity index (χ2v) is 6.04. The van der Waals surface area contributed by atoms with Crippen molar-refractivity contribution in [3.05, 3.63) is 68.8 Å². The van der Waals surface area contributed by atoms with Crippen LogP contribution in [0.4, 0.5) is 11.5 Å². The Labute approximate surface area is 155 Å². The van der Waals surface area contributed by atoms with E-state index in [1.807, 2.05) is 19.1 Å². The molecule has 7 heteroatoms. The van der Waals surface area contributed by atoms with Gasteiger partial charge >= 0.3 is 0 Å². The predicted octanol–water partition coefficient (Wildman–Crippen LogP) is 4.24. The lowest BCUT2D eigenvalue weighted by Gasteiger charge is -2.13. The molecule has 1 aromatic heterocycles. The van der Waals surface area contributed by atoms with Crippen molar-refractivity contribution in [2.75, 3.05) is 12.4 Å². The standard InChI is InChI=1S/C19H17ClN4O2/c1-4-24-19(25)14-7-6-13(21-2)10-15(14)18(23-24)22-11-12-5-8-17(26-3)16(20)9-12/h5-10H,4,11H2,1,3H3,(H,22,23). The number of rotatable bonds is 5. The number of aromatic nitrogens is 2. The number of anilines is 1. The zero-order chi connectivity index (χ0) is 18.7. The first kappa shape index (κ1) is 17.8. The number of nitrogens with zero attached hydrogens (tertiary/aromatic N) is 3. The summed E-state index contributed by atoms with van der Waals surface area (Å²) in [6.07, 6.45) is 0. The van der Waals surface area contributed by atoms with Gasteiger partial charge < -0.3 is 10.1 Å². The lowest BCUT2D eigenvalue weighted by Crippen LogP contribution is -2.23. The van der Waals surface area contributed by atoms with E-state index in [1.54, 1.807) is 31.4 Å². The van der Waals surface area contributed by atoms with Crippen LogP contribution in [0.25, 0.3) is 15.6 Å². The summed E-state index contributed by atoms with van der Waals surface area (Å²) in [6.45, 7) is 9.99. The highest BCUT2D eigenvalue weighted by molar-refractivity contribution is 6.32. The van der Waals surface area contributed by atoms with Crippen LogP contribution in [0.1, 0.15) is 12.5 Å². The van der Waals surface area contributed by atoms with E-state index in [0.29, 0.717) is 46.1 Å². The number of hydrogen-bond acceptors (Lipinski definition) is 4. The number of ether oxygens (including phenoxy) is 1. The molecular formula is C19H17ClN4O2. The summed E-state index contributed by atoms with van der Waals surface area (Å²) in [4.78, 5) is 15.9. The van der Waals surface area contributed by atoms with Crippen molar-refractivity contribution in [2.24, 2.45) is 0 Å². The van der Waals surface area contributed by atoms with E-state index < -0.39 is 0 Å². The van der Waals surface area contributed by atoms with Gasteiger partial charge in [0, 0.05) is 23.9 Å². The number of halogens is 1. The molecule has 0 amide bonds. The molecule has 0 aliphatic heterocycles. The third-order valence-corrected chi connectivity index (χ3v) is 4.34. The Morgan fingerprint density at radius 1 is 1.27 bits per heavy atom. The van der Waals surface area contributed by atoms with Crippen molar-refractivity contribution in [1.29, 1.82) is 0 Å². The summed E-state index contributed by atoms with van der Waals surface area (Å²) in [7, 11) is 1.57. The van der Waals surface area contributed by atoms with E-state index in [-0.39, 0.29) is 5.56 Å². The molecule has 26 heavy (non-hydrogen) atoms. The van der Waals surface area contributed by atoms with Gasteiger partial charge in [-0.1, -0.05) is 29.8 Å². The average molecular weight is 369 g/mol. The van der Waals surface area contributed by atoms with Crippen LogP contribution in [-0.4, -0.2) is 16.9 Å². The lowest BCUT2D eigenvalue weighted by atomic mass is 10.1. The Bertz CT molecular complexity index is 1070. The zero-order valence-corrected chi connectivity index (χ0v) is 15.2. The van der Waals surface area contributed by atoms with Crippen LogP contribution in [0.2, 0.25) is 5.02 Å². The molecule has 2 aromatic carbocycles. The Hall–Kier alpha value is -3.04. The Kier molecular flexibility index (Phi) is 5.10. The van der Waals surface area contributed by atoms with Gasteiger partial charge in [-0.15, -0.1) is 0 Å². The van der Waals surface area contributed by atoms with E-state index in [1.165, 1.54) is 4.68 Å². The van der Waals surface area contributed by atoms with Gasteiger partial charge in [0.15, 0.2) is 11.5 Å². The molecule has 0 radical (unpaired) electrons. The molecule has 1 heterocycles. The summed E-state index contributed by atoms with van der Waals surface area (Å²) in [5.74, 6) is 1.17. The molecule has 0 bridgehead atoms. The molecule has 0 unspecified atom stereocenters. The van der Waals surface area contributed by atoms with Crippen LogP contribution >= 0.6 is 11.6 Å². The van der Waals surface area contributed by atoms with Crippen molar-refractivity contribution in [1.82, 2.24) is 9.78 Å². The van der Waals surface area contributed by atoms with Crippen molar-refractivity contribution >= 4 is 33.9 Å². The zero-order valence-electron chi connectivity index (χ0n) is 14.4. The summed E-state index contributed by atoms with van der Waals surface area (Å²) in [6, 6.07) is 10.5. The van der Waals surface area contributed by atoms with Crippen LogP contribution in [-0.2, 0) is 13.1 Å². The minimum atomic E-state index is -0.169. The van der Waals surface area contributed by atoms with Crippen LogP contribution in [0.15, 0.2) is 41.2 Å². The minimum Gasteiger partial charge on any atom is -0.495 e. The molecule has 0 aliphatic carbocycles. The number of hydrogen-bond donors (Lipinski definition) is 1. The highest BCUT2D eigenvalue weighted by atomic mass is 35.5. The maximum atomic E-state index is 12.5. The normalized spacial score (nSPS) is 10.5. The molecule has 0 saturated heterocycles. The highest BCUT2D eigenvalue weighted by Crippen LogP contribution is 2.27. The maximum absolute atomic E-state index is 12.5. The first-order valence-corrected chi connectivity index (χ1v) is 8.43. The first-order valence-electron chi connectivity index (χ1n) is 8.06. The second-order valence-electron chi connectivity index (χ2n) is 5.63. The van der Waals surface area contributed by atoms with Crippen molar-refractivity contribution in [2.45, 2.75) is 20.0 Å². The topological polar surface area (TPSA) is 60.5 Å². The van der Waals surface area contributed by atoms with Gasteiger partial charge in [0.2, 0.25) is 0 Å². The third-order valence-electron chi connectivity index (χ3n) is 4.05. The molecule has 1 N–H and O–H groups in total. The molecule has 6 nitrogen and oxygen atoms in total. The number of nitrogens with one attached hydrogen (secondary N) is 1. The van der Waals surface area contributed by atoms with E-state index in [4.69, 9.17) is 22.9 Å². The van der Waals surface area contributed by atoms with E-state index in [2.05, 4.69) is 15.3 Å².